The number of likely N-dealkylation sites (tertiary alicyclic amines) is 1. The summed E-state index contributed by atoms with van der Waals surface area (Å²) in [5.74, 6) is -2.06. The van der Waals surface area contributed by atoms with Crippen molar-refractivity contribution in [1.29, 1.82) is 0 Å². The van der Waals surface area contributed by atoms with E-state index < -0.39 is 35.6 Å². The maximum absolute atomic E-state index is 14.3. The first-order valence-electron chi connectivity index (χ1n) is 10.6. The summed E-state index contributed by atoms with van der Waals surface area (Å²) in [6.07, 6.45) is 2.51. The normalized spacial score (nSPS) is 17.9. The van der Waals surface area contributed by atoms with Crippen LogP contribution in [0, 0.1) is 24.4 Å². The van der Waals surface area contributed by atoms with Gasteiger partial charge in [0.05, 0.1) is 36.7 Å². The molecule has 0 aliphatic carbocycles. The van der Waals surface area contributed by atoms with Crippen LogP contribution in [-0.2, 0) is 7.05 Å². The van der Waals surface area contributed by atoms with Gasteiger partial charge >= 0.3 is 6.03 Å². The van der Waals surface area contributed by atoms with Gasteiger partial charge in [0.25, 0.3) is 0 Å². The summed E-state index contributed by atoms with van der Waals surface area (Å²) in [5, 5.41) is 13.2. The van der Waals surface area contributed by atoms with Gasteiger partial charge in [-0.15, -0.1) is 5.10 Å². The second kappa shape index (κ2) is 8.43. The first-order valence-corrected chi connectivity index (χ1v) is 10.6. The molecule has 34 heavy (non-hydrogen) atoms. The summed E-state index contributed by atoms with van der Waals surface area (Å²) in [6.45, 7) is 2.19. The molecule has 3 aromatic rings. The number of ether oxygens (including phenoxy) is 1. The zero-order chi connectivity index (χ0) is 24.0. The monoisotopic (exact) mass is 471 g/mol. The molecular formula is C22H20F3N7O2. The molecule has 2 aliphatic rings. The van der Waals surface area contributed by atoms with Crippen molar-refractivity contribution in [1.82, 2.24) is 29.9 Å². The number of halogens is 3. The lowest BCUT2D eigenvalue weighted by molar-refractivity contribution is 0.0256. The van der Waals surface area contributed by atoms with Crippen molar-refractivity contribution < 1.29 is 22.7 Å². The number of aryl methyl sites for hydroxylation is 2. The highest BCUT2D eigenvalue weighted by molar-refractivity contribution is 5.79. The number of pyridine rings is 1. The summed E-state index contributed by atoms with van der Waals surface area (Å²) in [4.78, 5) is 18.5. The molecular weight excluding hydrogens is 451 g/mol. The van der Waals surface area contributed by atoms with Crippen LogP contribution in [-0.4, -0.2) is 61.3 Å². The van der Waals surface area contributed by atoms with Crippen LogP contribution in [0.25, 0.3) is 11.4 Å². The smallest absolute Gasteiger partial charge is 0.341 e. The predicted octanol–water partition coefficient (Wildman–Crippen LogP) is 3.22. The first-order chi connectivity index (χ1) is 16.3. The van der Waals surface area contributed by atoms with Gasteiger partial charge in [-0.05, 0) is 24.6 Å². The van der Waals surface area contributed by atoms with Gasteiger partial charge < -0.3 is 9.64 Å². The van der Waals surface area contributed by atoms with Crippen LogP contribution in [0.3, 0.4) is 0 Å². The Bertz CT molecular complexity index is 1250. The van der Waals surface area contributed by atoms with E-state index in [9.17, 15) is 18.0 Å². The Morgan fingerprint density at radius 1 is 1.12 bits per heavy atom. The van der Waals surface area contributed by atoms with Crippen LogP contribution in [0.2, 0.25) is 0 Å². The summed E-state index contributed by atoms with van der Waals surface area (Å²) >= 11 is 0. The molecule has 0 unspecified atom stereocenters. The maximum atomic E-state index is 14.3. The van der Waals surface area contributed by atoms with Crippen molar-refractivity contribution >= 4 is 12.2 Å². The van der Waals surface area contributed by atoms with Gasteiger partial charge in [-0.25, -0.2) is 27.7 Å². The number of rotatable bonds is 4. The number of hydrogen-bond acceptors (Lipinski definition) is 6. The lowest BCUT2D eigenvalue weighted by atomic mass is 10.0. The lowest BCUT2D eigenvalue weighted by Gasteiger charge is -2.41. The van der Waals surface area contributed by atoms with Crippen LogP contribution in [0.1, 0.15) is 23.7 Å². The molecule has 0 spiro atoms. The van der Waals surface area contributed by atoms with Gasteiger partial charge in [0.2, 0.25) is 0 Å². The van der Waals surface area contributed by atoms with E-state index in [1.165, 1.54) is 34.3 Å². The largest absolute Gasteiger partial charge is 0.483 e. The predicted molar refractivity (Wildman–Crippen MR) is 114 cm³/mol. The zero-order valence-corrected chi connectivity index (χ0v) is 18.3. The van der Waals surface area contributed by atoms with E-state index in [1.54, 1.807) is 18.7 Å². The van der Waals surface area contributed by atoms with Crippen molar-refractivity contribution in [2.45, 2.75) is 25.5 Å². The second-order valence-corrected chi connectivity index (χ2v) is 8.17. The number of nitrogens with zero attached hydrogens (tertiary/aromatic N) is 7. The highest BCUT2D eigenvalue weighted by Crippen LogP contribution is 2.32. The number of amides is 2. The highest BCUT2D eigenvalue weighted by atomic mass is 19.1. The van der Waals surface area contributed by atoms with E-state index in [1.807, 2.05) is 0 Å². The van der Waals surface area contributed by atoms with Gasteiger partial charge in [-0.2, -0.15) is 5.10 Å². The molecule has 5 rings (SSSR count). The number of carbonyl (C=O) groups excluding carboxylic acids is 1. The molecule has 2 aromatic heterocycles. The molecule has 0 saturated carbocycles. The Kier molecular flexibility index (Phi) is 5.42. The topological polar surface area (TPSA) is 88.7 Å². The molecule has 0 radical (unpaired) electrons. The molecule has 2 aliphatic heterocycles. The molecule has 2 amide bonds. The molecule has 1 saturated heterocycles. The number of benzene rings is 1. The van der Waals surface area contributed by atoms with Gasteiger partial charge in [0.1, 0.15) is 23.4 Å². The van der Waals surface area contributed by atoms with Gasteiger partial charge in [-0.1, -0.05) is 5.21 Å². The summed E-state index contributed by atoms with van der Waals surface area (Å²) in [7, 11) is 1.71. The van der Waals surface area contributed by atoms with Gasteiger partial charge in [-0.3, -0.25) is 4.98 Å². The highest BCUT2D eigenvalue weighted by Gasteiger charge is 2.39. The molecule has 1 aromatic carbocycles. The second-order valence-electron chi connectivity index (χ2n) is 8.17. The minimum atomic E-state index is -0.720. The van der Waals surface area contributed by atoms with Crippen molar-refractivity contribution in [3.63, 3.8) is 0 Å². The minimum Gasteiger partial charge on any atom is -0.483 e. The maximum Gasteiger partial charge on any atom is 0.341 e. The van der Waals surface area contributed by atoms with E-state index in [2.05, 4.69) is 20.4 Å². The fourth-order valence-electron chi connectivity index (χ4n) is 4.09. The molecule has 1 atom stereocenters. The van der Waals surface area contributed by atoms with E-state index in [4.69, 9.17) is 4.74 Å². The zero-order valence-electron chi connectivity index (χ0n) is 18.3. The van der Waals surface area contributed by atoms with E-state index in [0.29, 0.717) is 29.1 Å². The van der Waals surface area contributed by atoms with Crippen LogP contribution in [0.5, 0.6) is 5.75 Å². The quantitative estimate of drug-likeness (QED) is 0.583. The average molecular weight is 471 g/mol. The molecule has 12 heteroatoms. The summed E-state index contributed by atoms with van der Waals surface area (Å²) in [6, 6.07) is 3.61. The Morgan fingerprint density at radius 2 is 1.85 bits per heavy atom. The average Bonchev–Trinajstić information content (AvgIpc) is 3.37. The summed E-state index contributed by atoms with van der Waals surface area (Å²) in [5.41, 5.74) is 2.07. The molecule has 4 heterocycles. The Hall–Kier alpha value is -3.96. The number of hydrazone groups is 1. The van der Waals surface area contributed by atoms with Crippen molar-refractivity contribution in [2.75, 3.05) is 13.1 Å². The molecule has 9 nitrogen and oxygen atoms in total. The van der Waals surface area contributed by atoms with Crippen molar-refractivity contribution in [2.24, 2.45) is 12.1 Å². The van der Waals surface area contributed by atoms with Crippen molar-refractivity contribution in [3.05, 3.63) is 59.2 Å². The van der Waals surface area contributed by atoms with E-state index in [-0.39, 0.29) is 18.8 Å². The third-order valence-electron chi connectivity index (χ3n) is 5.77. The van der Waals surface area contributed by atoms with Gasteiger partial charge in [0.15, 0.2) is 11.6 Å². The molecule has 176 valence electrons. The fourth-order valence-corrected chi connectivity index (χ4v) is 4.09. The van der Waals surface area contributed by atoms with Crippen LogP contribution in [0.4, 0.5) is 18.0 Å². The molecule has 0 N–H and O–H groups in total. The SMILES string of the molecule is Cc1nnn(C)c1-c1cc(OC2CN(C(=O)N3N=CC[C@H]3c3cc(F)cc(F)c3)C2)c(F)cn1. The van der Waals surface area contributed by atoms with E-state index >= 15 is 0 Å². The van der Waals surface area contributed by atoms with Gasteiger partial charge in [0, 0.05) is 31.8 Å². The Balaban J connectivity index is 1.25. The Labute approximate surface area is 192 Å². The molecule has 0 bridgehead atoms. The Morgan fingerprint density at radius 3 is 2.53 bits per heavy atom. The van der Waals surface area contributed by atoms with Crippen LogP contribution < -0.4 is 4.74 Å². The molecule has 1 fully saturated rings. The standard InChI is InChI=1S/C22H20F3N7O2/c1-12-21(30(2)29-28-12)18-8-20(17(25)9-26-18)34-16-10-31(11-16)22(33)32-19(3-4-27-32)13-5-14(23)7-15(24)6-13/h4-9,16,19H,3,10-11H2,1-2H3/t19-/m0/s1. The number of aromatic nitrogens is 4. The first kappa shape index (κ1) is 21.9. The number of carbonyl (C=O) groups is 1. The van der Waals surface area contributed by atoms with Crippen LogP contribution >= 0.6 is 0 Å². The lowest BCUT2D eigenvalue weighted by Crippen LogP contribution is -2.58. The number of hydrogen-bond donors (Lipinski definition) is 0. The van der Waals surface area contributed by atoms with Crippen molar-refractivity contribution in [3.8, 4) is 17.1 Å². The third kappa shape index (κ3) is 3.95. The number of urea groups is 1. The van der Waals surface area contributed by atoms with Crippen LogP contribution in [0.15, 0.2) is 35.6 Å². The minimum absolute atomic E-state index is 0.00926. The third-order valence-corrected chi connectivity index (χ3v) is 5.77. The van der Waals surface area contributed by atoms with E-state index in [0.717, 1.165) is 12.3 Å². The summed E-state index contributed by atoms with van der Waals surface area (Å²) < 4.78 is 48.9. The fraction of sp³-hybridized carbons (Fsp3) is 0.318.